The summed E-state index contributed by atoms with van der Waals surface area (Å²) in [6.45, 7) is 1.62. The number of carboxylic acids is 1. The zero-order chi connectivity index (χ0) is 13.5. The number of hydrogen-bond donors (Lipinski definition) is 1. The Kier molecular flexibility index (Phi) is 6.47. The second-order valence-electron chi connectivity index (χ2n) is 4.37. The number of rotatable bonds is 7. The molecule has 0 fully saturated rings. The van der Waals surface area contributed by atoms with Gasteiger partial charge in [-0.3, -0.25) is 4.79 Å². The minimum absolute atomic E-state index is 0.233. The molecule has 1 N–H and O–H groups in total. The first-order valence-corrected chi connectivity index (χ1v) is 6.58. The van der Waals surface area contributed by atoms with Gasteiger partial charge in [0.25, 0.3) is 0 Å². The zero-order valence-corrected chi connectivity index (χ0v) is 11.8. The van der Waals surface area contributed by atoms with Gasteiger partial charge in [0.2, 0.25) is 0 Å². The highest BCUT2D eigenvalue weighted by Gasteiger charge is 2.04. The lowest BCUT2D eigenvalue weighted by atomic mass is 10.2. The summed E-state index contributed by atoms with van der Waals surface area (Å²) in [7, 11) is 2.00. The third kappa shape index (κ3) is 6.24. The number of carboxylic acid groups (broad SMARTS) is 1. The van der Waals surface area contributed by atoms with E-state index in [9.17, 15) is 4.79 Å². The molecular formula is C13H17Cl2NO2. The van der Waals surface area contributed by atoms with Gasteiger partial charge < -0.3 is 10.0 Å². The first-order chi connectivity index (χ1) is 8.47. The van der Waals surface area contributed by atoms with Crippen molar-refractivity contribution in [1.82, 2.24) is 4.90 Å². The summed E-state index contributed by atoms with van der Waals surface area (Å²) in [5, 5.41) is 9.80. The molecule has 0 saturated heterocycles. The number of aliphatic carboxylic acids is 1. The third-order valence-corrected chi connectivity index (χ3v) is 2.99. The minimum atomic E-state index is -0.737. The Bertz CT molecular complexity index is 390. The Balaban J connectivity index is 2.35. The van der Waals surface area contributed by atoms with Crippen molar-refractivity contribution in [2.45, 2.75) is 25.8 Å². The molecule has 1 aromatic carbocycles. The van der Waals surface area contributed by atoms with Crippen LogP contribution in [0.3, 0.4) is 0 Å². The molecule has 0 bridgehead atoms. The highest BCUT2D eigenvalue weighted by atomic mass is 35.5. The van der Waals surface area contributed by atoms with E-state index in [0.29, 0.717) is 16.5 Å². The van der Waals surface area contributed by atoms with Crippen LogP contribution in [-0.4, -0.2) is 29.6 Å². The molecule has 0 atom stereocenters. The van der Waals surface area contributed by atoms with Gasteiger partial charge in [0.15, 0.2) is 0 Å². The summed E-state index contributed by atoms with van der Waals surface area (Å²) in [5.74, 6) is -0.737. The number of nitrogens with zero attached hydrogens (tertiary/aromatic N) is 1. The summed E-state index contributed by atoms with van der Waals surface area (Å²) in [6.07, 6.45) is 1.81. The maximum absolute atomic E-state index is 10.4. The SMILES string of the molecule is CN(CCCCC(=O)O)Cc1cc(Cl)cc(Cl)c1. The van der Waals surface area contributed by atoms with Crippen molar-refractivity contribution >= 4 is 29.2 Å². The molecule has 0 spiro atoms. The van der Waals surface area contributed by atoms with Crippen molar-refractivity contribution in [2.24, 2.45) is 0 Å². The Morgan fingerprint density at radius 3 is 2.39 bits per heavy atom. The Morgan fingerprint density at radius 2 is 1.83 bits per heavy atom. The zero-order valence-electron chi connectivity index (χ0n) is 10.3. The lowest BCUT2D eigenvalue weighted by Gasteiger charge is -2.16. The number of halogens is 2. The molecule has 0 radical (unpaired) electrons. The van der Waals surface area contributed by atoms with E-state index < -0.39 is 5.97 Å². The van der Waals surface area contributed by atoms with Gasteiger partial charge in [-0.1, -0.05) is 23.2 Å². The molecule has 0 aromatic heterocycles. The predicted octanol–water partition coefficient (Wildman–Crippen LogP) is 3.68. The largest absolute Gasteiger partial charge is 0.481 e. The average molecular weight is 290 g/mol. The first-order valence-electron chi connectivity index (χ1n) is 5.82. The molecule has 0 amide bonds. The third-order valence-electron chi connectivity index (χ3n) is 2.56. The van der Waals surface area contributed by atoms with Gasteiger partial charge in [-0.05, 0) is 50.2 Å². The van der Waals surface area contributed by atoms with Crippen molar-refractivity contribution in [3.8, 4) is 0 Å². The van der Waals surface area contributed by atoms with Crippen LogP contribution in [0.2, 0.25) is 10.0 Å². The number of benzene rings is 1. The van der Waals surface area contributed by atoms with Crippen molar-refractivity contribution in [3.05, 3.63) is 33.8 Å². The minimum Gasteiger partial charge on any atom is -0.481 e. The molecule has 18 heavy (non-hydrogen) atoms. The molecule has 0 aliphatic rings. The molecule has 5 heteroatoms. The Hall–Kier alpha value is -0.770. The normalized spacial score (nSPS) is 10.9. The van der Waals surface area contributed by atoms with Gasteiger partial charge >= 0.3 is 5.97 Å². The van der Waals surface area contributed by atoms with Crippen LogP contribution in [0.25, 0.3) is 0 Å². The molecule has 0 saturated carbocycles. The van der Waals surface area contributed by atoms with E-state index in [0.717, 1.165) is 25.1 Å². The van der Waals surface area contributed by atoms with E-state index >= 15 is 0 Å². The van der Waals surface area contributed by atoms with Crippen molar-refractivity contribution < 1.29 is 9.90 Å². The topological polar surface area (TPSA) is 40.5 Å². The molecule has 0 unspecified atom stereocenters. The lowest BCUT2D eigenvalue weighted by molar-refractivity contribution is -0.137. The highest BCUT2D eigenvalue weighted by molar-refractivity contribution is 6.34. The summed E-state index contributed by atoms with van der Waals surface area (Å²) in [6, 6.07) is 5.49. The number of hydrogen-bond acceptors (Lipinski definition) is 2. The first kappa shape index (κ1) is 15.3. The number of unbranched alkanes of at least 4 members (excludes halogenated alkanes) is 1. The molecule has 1 rings (SSSR count). The van der Waals surface area contributed by atoms with Crippen LogP contribution in [-0.2, 0) is 11.3 Å². The quantitative estimate of drug-likeness (QED) is 0.779. The molecule has 1 aromatic rings. The maximum Gasteiger partial charge on any atom is 0.303 e. The second-order valence-corrected chi connectivity index (χ2v) is 5.24. The summed E-state index contributed by atoms with van der Waals surface area (Å²) < 4.78 is 0. The number of carbonyl (C=O) groups is 1. The Morgan fingerprint density at radius 1 is 1.22 bits per heavy atom. The van der Waals surface area contributed by atoms with E-state index in [1.54, 1.807) is 6.07 Å². The smallest absolute Gasteiger partial charge is 0.303 e. The fourth-order valence-electron chi connectivity index (χ4n) is 1.75. The summed E-state index contributed by atoms with van der Waals surface area (Å²) in [5.41, 5.74) is 1.06. The van der Waals surface area contributed by atoms with Crippen LogP contribution in [0.15, 0.2) is 18.2 Å². The van der Waals surface area contributed by atoms with Gasteiger partial charge in [-0.15, -0.1) is 0 Å². The highest BCUT2D eigenvalue weighted by Crippen LogP contribution is 2.19. The van der Waals surface area contributed by atoms with Crippen LogP contribution in [0.1, 0.15) is 24.8 Å². The molecule has 0 aliphatic carbocycles. The van der Waals surface area contributed by atoms with Gasteiger partial charge in [-0.2, -0.15) is 0 Å². The average Bonchev–Trinajstić information content (AvgIpc) is 2.22. The standard InChI is InChI=1S/C13H17Cl2NO2/c1-16(5-3-2-4-13(17)18)9-10-6-11(14)8-12(15)7-10/h6-8H,2-5,9H2,1H3,(H,17,18). The van der Waals surface area contributed by atoms with E-state index in [1.165, 1.54) is 0 Å². The van der Waals surface area contributed by atoms with E-state index in [1.807, 2.05) is 19.2 Å². The van der Waals surface area contributed by atoms with Gasteiger partial charge in [0, 0.05) is 23.0 Å². The van der Waals surface area contributed by atoms with Crippen molar-refractivity contribution in [3.63, 3.8) is 0 Å². The van der Waals surface area contributed by atoms with E-state index in [4.69, 9.17) is 28.3 Å². The summed E-state index contributed by atoms with van der Waals surface area (Å²) >= 11 is 11.9. The van der Waals surface area contributed by atoms with Crippen LogP contribution < -0.4 is 0 Å². The summed E-state index contributed by atoms with van der Waals surface area (Å²) in [4.78, 5) is 12.5. The fraction of sp³-hybridized carbons (Fsp3) is 0.462. The monoisotopic (exact) mass is 289 g/mol. The van der Waals surface area contributed by atoms with Gasteiger partial charge in [-0.25, -0.2) is 0 Å². The maximum atomic E-state index is 10.4. The van der Waals surface area contributed by atoms with E-state index in [2.05, 4.69) is 4.90 Å². The predicted molar refractivity (Wildman–Crippen MR) is 74.3 cm³/mol. The van der Waals surface area contributed by atoms with Crippen LogP contribution >= 0.6 is 23.2 Å². The van der Waals surface area contributed by atoms with E-state index in [-0.39, 0.29) is 6.42 Å². The molecular weight excluding hydrogens is 273 g/mol. The molecule has 0 aliphatic heterocycles. The van der Waals surface area contributed by atoms with Crippen molar-refractivity contribution in [2.75, 3.05) is 13.6 Å². The van der Waals surface area contributed by atoms with Gasteiger partial charge in [0.1, 0.15) is 0 Å². The van der Waals surface area contributed by atoms with Crippen LogP contribution in [0, 0.1) is 0 Å². The van der Waals surface area contributed by atoms with Crippen LogP contribution in [0.4, 0.5) is 0 Å². The van der Waals surface area contributed by atoms with Gasteiger partial charge in [0.05, 0.1) is 0 Å². The molecule has 0 heterocycles. The lowest BCUT2D eigenvalue weighted by Crippen LogP contribution is -2.19. The Labute approximate surface area is 117 Å². The van der Waals surface area contributed by atoms with Crippen LogP contribution in [0.5, 0.6) is 0 Å². The second kappa shape index (κ2) is 7.62. The fourth-order valence-corrected chi connectivity index (χ4v) is 2.32. The van der Waals surface area contributed by atoms with Crippen molar-refractivity contribution in [1.29, 1.82) is 0 Å². The molecule has 100 valence electrons. The molecule has 3 nitrogen and oxygen atoms in total.